The number of hydrogen-bond donors (Lipinski definition) is 7. The minimum atomic E-state index is -5.04. The molecule has 18 heteroatoms. The van der Waals surface area contributed by atoms with Crippen LogP contribution in [-0.4, -0.2) is 120 Å². The van der Waals surface area contributed by atoms with Gasteiger partial charge in [0.1, 0.15) is 24.4 Å². The van der Waals surface area contributed by atoms with Gasteiger partial charge < -0.3 is 34.6 Å². The predicted molar refractivity (Wildman–Crippen MR) is 107 cm³/mol. The molecule has 0 saturated heterocycles. The summed E-state index contributed by atoms with van der Waals surface area (Å²) in [6.45, 7) is -0.150. The molecule has 0 radical (unpaired) electrons. The van der Waals surface area contributed by atoms with E-state index in [1.54, 1.807) is 4.72 Å². The number of nitrogens with one attached hydrogen (secondary N) is 1. The number of aliphatic hydroxyl groups is 3. The van der Waals surface area contributed by atoms with Gasteiger partial charge >= 0.3 is 16.3 Å². The number of ether oxygens (including phenoxy) is 3. The molecule has 0 bridgehead atoms. The third kappa shape index (κ3) is 7.03. The number of carboxylic acid groups (broad SMARTS) is 1. The summed E-state index contributed by atoms with van der Waals surface area (Å²) in [7, 11) is -8.57. The Balaban J connectivity index is 2.46. The molecule has 2 aliphatic rings. The van der Waals surface area contributed by atoms with Crippen molar-refractivity contribution in [2.24, 2.45) is 11.8 Å². The maximum Gasteiger partial charge on any atom is 0.333 e. The monoisotopic (exact) mass is 537 g/mol. The number of carbonyl (C=O) groups excluding carboxylic acids is 1. The van der Waals surface area contributed by atoms with E-state index in [1.165, 1.54) is 7.11 Å². The molecule has 0 aliphatic heterocycles. The topological polar surface area (TPSA) is 264 Å². The van der Waals surface area contributed by atoms with Crippen LogP contribution in [0.4, 0.5) is 0 Å². The summed E-state index contributed by atoms with van der Waals surface area (Å²) >= 11 is 0. The standard InChI is InChI=1S/C16H27NO15S2/c1-30-9-3-7(16(22)23)15(13(21)11(9)19)32-8-2-6(4-33(24,25)26)14(31-5-18)12(20)10(8)17-34(27,28)29/h5-15,17,19-21H,2-4H2,1H3,(H,22,23)(H,24,25,26)(H,27,28,29)/t6?,7?,8-,9-,10?,11?,12+,13+,14+,15+/m1/s1. The summed E-state index contributed by atoms with van der Waals surface area (Å²) in [5, 5.41) is 40.9. The van der Waals surface area contributed by atoms with Gasteiger partial charge in [0.05, 0.1) is 36.0 Å². The van der Waals surface area contributed by atoms with E-state index in [0.717, 1.165) is 0 Å². The Morgan fingerprint density at radius 2 is 1.62 bits per heavy atom. The molecule has 16 nitrogen and oxygen atoms in total. The third-order valence-electron chi connectivity index (χ3n) is 5.93. The smallest absolute Gasteiger partial charge is 0.333 e. The molecule has 2 aliphatic carbocycles. The molecule has 0 aromatic rings. The lowest BCUT2D eigenvalue weighted by atomic mass is 9.78. The van der Waals surface area contributed by atoms with Crippen molar-refractivity contribution in [3.05, 3.63) is 0 Å². The zero-order valence-corrected chi connectivity index (χ0v) is 19.3. The molecular weight excluding hydrogens is 510 g/mol. The molecule has 0 aromatic heterocycles. The van der Waals surface area contributed by atoms with Gasteiger partial charge in [0.2, 0.25) is 0 Å². The van der Waals surface area contributed by atoms with Crippen molar-refractivity contribution < 1.29 is 70.2 Å². The van der Waals surface area contributed by atoms with E-state index < -0.39 is 99.2 Å². The first-order valence-electron chi connectivity index (χ1n) is 9.83. The molecule has 10 atom stereocenters. The number of aliphatic hydroxyl groups excluding tert-OH is 3. The first-order valence-corrected chi connectivity index (χ1v) is 12.9. The van der Waals surface area contributed by atoms with Gasteiger partial charge in [-0.3, -0.25) is 18.7 Å². The SMILES string of the molecule is CO[C@@H]1CC(C(=O)O)[C@H](O[C@@H]2CC(CS(=O)(=O)O)[C@H](OC=O)[C@@H](O)C2NS(=O)(=O)O)[C@@H](O)C1O. The first kappa shape index (κ1) is 28.8. The second kappa shape index (κ2) is 11.1. The maximum absolute atomic E-state index is 11.8. The molecule has 0 heterocycles. The molecule has 2 saturated carbocycles. The van der Waals surface area contributed by atoms with Crippen molar-refractivity contribution in [1.29, 1.82) is 0 Å². The zero-order valence-electron chi connectivity index (χ0n) is 17.6. The van der Waals surface area contributed by atoms with Crippen LogP contribution in [0.15, 0.2) is 0 Å². The minimum Gasteiger partial charge on any atom is -0.481 e. The Bertz CT molecular complexity index is 940. The van der Waals surface area contributed by atoms with Crippen LogP contribution in [0.3, 0.4) is 0 Å². The molecule has 7 N–H and O–H groups in total. The van der Waals surface area contributed by atoms with Gasteiger partial charge in [-0.2, -0.15) is 21.6 Å². The average molecular weight is 538 g/mol. The minimum absolute atomic E-state index is 0.150. The van der Waals surface area contributed by atoms with Crippen molar-refractivity contribution >= 4 is 32.9 Å². The molecule has 198 valence electrons. The molecular formula is C16H27NO15S2. The van der Waals surface area contributed by atoms with E-state index in [-0.39, 0.29) is 12.9 Å². The highest BCUT2D eigenvalue weighted by atomic mass is 32.2. The van der Waals surface area contributed by atoms with Crippen molar-refractivity contribution in [3.63, 3.8) is 0 Å². The van der Waals surface area contributed by atoms with E-state index in [1.807, 2.05) is 0 Å². The summed E-state index contributed by atoms with van der Waals surface area (Å²) in [6.07, 6.45) is -12.5. The molecule has 34 heavy (non-hydrogen) atoms. The number of methoxy groups -OCH3 is 1. The number of aliphatic carboxylic acids is 1. The summed E-state index contributed by atoms with van der Waals surface area (Å²) in [5.74, 6) is -5.40. The summed E-state index contributed by atoms with van der Waals surface area (Å²) in [4.78, 5) is 22.7. The lowest BCUT2D eigenvalue weighted by molar-refractivity contribution is -0.219. The zero-order chi connectivity index (χ0) is 26.0. The Morgan fingerprint density at radius 3 is 2.09 bits per heavy atom. The summed E-state index contributed by atoms with van der Waals surface area (Å²) in [5.41, 5.74) is 0. The van der Waals surface area contributed by atoms with E-state index in [4.69, 9.17) is 9.47 Å². The van der Waals surface area contributed by atoms with Gasteiger partial charge in [0.15, 0.2) is 0 Å². The van der Waals surface area contributed by atoms with Crippen molar-refractivity contribution in [2.75, 3.05) is 12.9 Å². The molecule has 0 spiro atoms. The third-order valence-corrected chi connectivity index (χ3v) is 7.35. The fourth-order valence-corrected chi connectivity index (χ4v) is 5.96. The van der Waals surface area contributed by atoms with E-state index >= 15 is 0 Å². The highest BCUT2D eigenvalue weighted by Gasteiger charge is 2.53. The number of carboxylic acids is 1. The lowest BCUT2D eigenvalue weighted by Gasteiger charge is -2.47. The number of hydrogen-bond acceptors (Lipinski definition) is 12. The van der Waals surface area contributed by atoms with Crippen LogP contribution in [0, 0.1) is 11.8 Å². The molecule has 2 fully saturated rings. The van der Waals surface area contributed by atoms with Crippen LogP contribution in [0.5, 0.6) is 0 Å². The average Bonchev–Trinajstić information content (AvgIpc) is 2.69. The van der Waals surface area contributed by atoms with Crippen LogP contribution in [0.25, 0.3) is 0 Å². The Morgan fingerprint density at radius 1 is 1.00 bits per heavy atom. The summed E-state index contributed by atoms with van der Waals surface area (Å²) in [6, 6.07) is -1.82. The van der Waals surface area contributed by atoms with Gasteiger partial charge in [0.25, 0.3) is 16.6 Å². The normalized spacial score (nSPS) is 39.4. The van der Waals surface area contributed by atoms with Gasteiger partial charge in [-0.1, -0.05) is 0 Å². The van der Waals surface area contributed by atoms with Gasteiger partial charge in [-0.05, 0) is 12.8 Å². The Kier molecular flexibility index (Phi) is 9.35. The van der Waals surface area contributed by atoms with Crippen molar-refractivity contribution in [3.8, 4) is 0 Å². The van der Waals surface area contributed by atoms with Gasteiger partial charge in [-0.15, -0.1) is 0 Å². The molecule has 0 amide bonds. The fraction of sp³-hybridized carbons (Fsp3) is 0.875. The highest BCUT2D eigenvalue weighted by Crippen LogP contribution is 2.36. The second-order valence-corrected chi connectivity index (χ2v) is 10.8. The Hall–Kier alpha value is -1.48. The largest absolute Gasteiger partial charge is 0.481 e. The molecule has 0 aromatic carbocycles. The van der Waals surface area contributed by atoms with Gasteiger partial charge in [-0.25, -0.2) is 0 Å². The second-order valence-electron chi connectivity index (χ2n) is 8.13. The number of carbonyl (C=O) groups is 2. The van der Waals surface area contributed by atoms with Crippen molar-refractivity contribution in [2.45, 2.75) is 61.6 Å². The fourth-order valence-electron chi connectivity index (χ4n) is 4.46. The van der Waals surface area contributed by atoms with Crippen LogP contribution in [-0.2, 0) is 44.2 Å². The van der Waals surface area contributed by atoms with Crippen LogP contribution in [0.2, 0.25) is 0 Å². The number of rotatable bonds is 10. The van der Waals surface area contributed by atoms with Crippen LogP contribution in [0.1, 0.15) is 12.8 Å². The first-order chi connectivity index (χ1) is 15.6. The summed E-state index contributed by atoms with van der Waals surface area (Å²) < 4.78 is 81.2. The quantitative estimate of drug-likeness (QED) is 0.104. The van der Waals surface area contributed by atoms with Gasteiger partial charge in [0, 0.05) is 13.0 Å². The van der Waals surface area contributed by atoms with E-state index in [0.29, 0.717) is 0 Å². The lowest BCUT2D eigenvalue weighted by Crippen LogP contribution is -2.65. The Labute approximate surface area is 194 Å². The van der Waals surface area contributed by atoms with E-state index in [9.17, 15) is 56.0 Å². The predicted octanol–water partition coefficient (Wildman–Crippen LogP) is -3.85. The maximum atomic E-state index is 11.8. The molecule has 2 rings (SSSR count). The molecule has 4 unspecified atom stereocenters. The van der Waals surface area contributed by atoms with Crippen LogP contribution < -0.4 is 4.72 Å². The van der Waals surface area contributed by atoms with Crippen molar-refractivity contribution in [1.82, 2.24) is 4.72 Å². The van der Waals surface area contributed by atoms with E-state index in [2.05, 4.69) is 4.74 Å². The van der Waals surface area contributed by atoms with Crippen LogP contribution >= 0.6 is 0 Å². The highest BCUT2D eigenvalue weighted by molar-refractivity contribution is 7.85.